The lowest BCUT2D eigenvalue weighted by Gasteiger charge is -2.04. The number of hydrogen-bond acceptors (Lipinski definition) is 6. The summed E-state index contributed by atoms with van der Waals surface area (Å²) in [6.07, 6.45) is -1.06. The standard InChI is InChI=1S/C5H7NO2.C5H10O3/c1-4(3-6)8-5(2)7;1-4(7-2)5(6)8-3/h4H,1-2H3;4H,1-3H3. The van der Waals surface area contributed by atoms with E-state index in [0.717, 1.165) is 0 Å². The Morgan fingerprint density at radius 3 is 1.88 bits per heavy atom. The summed E-state index contributed by atoms with van der Waals surface area (Å²) in [6.45, 7) is 4.42. The van der Waals surface area contributed by atoms with Crippen molar-refractivity contribution in [3.05, 3.63) is 0 Å². The third kappa shape index (κ3) is 10.5. The van der Waals surface area contributed by atoms with Crippen LogP contribution in [0.1, 0.15) is 20.8 Å². The van der Waals surface area contributed by atoms with Gasteiger partial charge >= 0.3 is 11.9 Å². The van der Waals surface area contributed by atoms with Crippen molar-refractivity contribution in [1.82, 2.24) is 0 Å². The van der Waals surface area contributed by atoms with E-state index in [1.165, 1.54) is 28.1 Å². The molecule has 0 radical (unpaired) electrons. The molecule has 0 N–H and O–H groups in total. The molecule has 2 unspecified atom stereocenters. The average Bonchev–Trinajstić information content (AvgIpc) is 2.26. The highest BCUT2D eigenvalue weighted by atomic mass is 16.6. The maximum atomic E-state index is 10.4. The lowest BCUT2D eigenvalue weighted by atomic mass is 10.4. The van der Waals surface area contributed by atoms with Crippen molar-refractivity contribution in [3.8, 4) is 6.07 Å². The molecule has 6 nitrogen and oxygen atoms in total. The van der Waals surface area contributed by atoms with Gasteiger partial charge in [0.25, 0.3) is 0 Å². The Labute approximate surface area is 95.1 Å². The van der Waals surface area contributed by atoms with Gasteiger partial charge < -0.3 is 14.2 Å². The number of carbonyl (C=O) groups is 2. The zero-order chi connectivity index (χ0) is 13.1. The van der Waals surface area contributed by atoms with Gasteiger partial charge in [-0.05, 0) is 13.8 Å². The van der Waals surface area contributed by atoms with Crippen LogP contribution in [-0.2, 0) is 23.8 Å². The predicted molar refractivity (Wildman–Crippen MR) is 55.3 cm³/mol. The van der Waals surface area contributed by atoms with Crippen LogP contribution in [0.15, 0.2) is 0 Å². The fourth-order valence-corrected chi connectivity index (χ4v) is 0.537. The quantitative estimate of drug-likeness (QED) is 0.663. The summed E-state index contributed by atoms with van der Waals surface area (Å²) in [5.74, 6) is -0.758. The summed E-state index contributed by atoms with van der Waals surface area (Å²) in [5, 5.41) is 8.06. The van der Waals surface area contributed by atoms with E-state index in [4.69, 9.17) is 5.26 Å². The van der Waals surface area contributed by atoms with E-state index in [-0.39, 0.29) is 5.97 Å². The van der Waals surface area contributed by atoms with Crippen LogP contribution in [-0.4, -0.2) is 38.4 Å². The number of ether oxygens (including phenoxy) is 3. The summed E-state index contributed by atoms with van der Waals surface area (Å²) in [6, 6.07) is 1.75. The number of esters is 2. The molecule has 0 heterocycles. The van der Waals surface area contributed by atoms with Crippen LogP contribution < -0.4 is 0 Å². The Kier molecular flexibility index (Phi) is 10.4. The number of nitriles is 1. The number of methoxy groups -OCH3 is 2. The summed E-state index contributed by atoms with van der Waals surface area (Å²) >= 11 is 0. The predicted octanol–water partition coefficient (Wildman–Crippen LogP) is 0.656. The molecule has 0 aromatic carbocycles. The van der Waals surface area contributed by atoms with E-state index in [9.17, 15) is 9.59 Å². The minimum absolute atomic E-state index is 0.340. The lowest BCUT2D eigenvalue weighted by molar-refractivity contribution is -0.151. The Balaban J connectivity index is 0. The Bertz CT molecular complexity index is 258. The van der Waals surface area contributed by atoms with Crippen LogP contribution >= 0.6 is 0 Å². The molecule has 0 saturated heterocycles. The molecule has 16 heavy (non-hydrogen) atoms. The fraction of sp³-hybridized carbons (Fsp3) is 0.700. The van der Waals surface area contributed by atoms with Gasteiger partial charge in [0.05, 0.1) is 7.11 Å². The SMILES string of the molecule is CC(=O)OC(C)C#N.COC(=O)C(C)OC. The minimum atomic E-state index is -0.618. The number of rotatable bonds is 3. The van der Waals surface area contributed by atoms with Crippen molar-refractivity contribution in [3.63, 3.8) is 0 Å². The van der Waals surface area contributed by atoms with E-state index in [1.807, 2.05) is 0 Å². The smallest absolute Gasteiger partial charge is 0.334 e. The topological polar surface area (TPSA) is 85.6 Å². The molecule has 2 atom stereocenters. The van der Waals surface area contributed by atoms with Gasteiger partial charge in [-0.15, -0.1) is 0 Å². The highest BCUT2D eigenvalue weighted by Crippen LogP contribution is 1.88. The number of carbonyl (C=O) groups excluding carboxylic acids is 2. The molecule has 0 amide bonds. The van der Waals surface area contributed by atoms with Crippen molar-refractivity contribution in [1.29, 1.82) is 5.26 Å². The highest BCUT2D eigenvalue weighted by molar-refractivity contribution is 5.73. The monoisotopic (exact) mass is 231 g/mol. The summed E-state index contributed by atoms with van der Waals surface area (Å²) in [5.41, 5.74) is 0. The van der Waals surface area contributed by atoms with Gasteiger partial charge in [-0.3, -0.25) is 4.79 Å². The lowest BCUT2D eigenvalue weighted by Crippen LogP contribution is -2.19. The van der Waals surface area contributed by atoms with Gasteiger partial charge in [0, 0.05) is 14.0 Å². The van der Waals surface area contributed by atoms with Crippen LogP contribution in [0, 0.1) is 11.3 Å². The molecular weight excluding hydrogens is 214 g/mol. The molecular formula is C10H17NO5. The molecule has 92 valence electrons. The molecule has 0 aromatic heterocycles. The molecule has 0 aliphatic heterocycles. The molecule has 0 spiro atoms. The van der Waals surface area contributed by atoms with E-state index in [1.54, 1.807) is 13.0 Å². The van der Waals surface area contributed by atoms with Crippen LogP contribution in [0.3, 0.4) is 0 Å². The highest BCUT2D eigenvalue weighted by Gasteiger charge is 2.09. The second kappa shape index (κ2) is 9.93. The van der Waals surface area contributed by atoms with E-state index >= 15 is 0 Å². The normalized spacial score (nSPS) is 12.2. The van der Waals surface area contributed by atoms with Gasteiger partial charge in [-0.2, -0.15) is 5.26 Å². The summed E-state index contributed by atoms with van der Waals surface area (Å²) in [4.78, 5) is 20.4. The third-order valence-electron chi connectivity index (χ3n) is 1.41. The van der Waals surface area contributed by atoms with E-state index in [0.29, 0.717) is 0 Å². The van der Waals surface area contributed by atoms with E-state index < -0.39 is 18.2 Å². The molecule has 0 bridgehead atoms. The first-order chi connectivity index (χ1) is 7.38. The first-order valence-corrected chi connectivity index (χ1v) is 4.56. The number of nitrogens with zero attached hydrogens (tertiary/aromatic N) is 1. The van der Waals surface area contributed by atoms with Crippen LogP contribution in [0.2, 0.25) is 0 Å². The summed E-state index contributed by atoms with van der Waals surface area (Å²) in [7, 11) is 2.79. The van der Waals surface area contributed by atoms with Crippen LogP contribution in [0.25, 0.3) is 0 Å². The first-order valence-electron chi connectivity index (χ1n) is 4.56. The molecule has 6 heteroatoms. The molecule has 0 aliphatic rings. The zero-order valence-electron chi connectivity index (χ0n) is 10.1. The molecule has 0 aliphatic carbocycles. The average molecular weight is 231 g/mol. The van der Waals surface area contributed by atoms with Crippen LogP contribution in [0.4, 0.5) is 0 Å². The zero-order valence-corrected chi connectivity index (χ0v) is 10.1. The van der Waals surface area contributed by atoms with Crippen LogP contribution in [0.5, 0.6) is 0 Å². The molecule has 0 fully saturated rings. The maximum absolute atomic E-state index is 10.4. The Morgan fingerprint density at radius 2 is 1.75 bits per heavy atom. The second-order valence-electron chi connectivity index (χ2n) is 2.78. The van der Waals surface area contributed by atoms with Crippen molar-refractivity contribution in [2.45, 2.75) is 33.0 Å². The summed E-state index contributed by atoms with van der Waals surface area (Å²) < 4.78 is 13.4. The van der Waals surface area contributed by atoms with Crippen molar-refractivity contribution < 1.29 is 23.8 Å². The Hall–Kier alpha value is -1.61. The van der Waals surface area contributed by atoms with Gasteiger partial charge in [0.1, 0.15) is 6.07 Å². The Morgan fingerprint density at radius 1 is 1.25 bits per heavy atom. The third-order valence-corrected chi connectivity index (χ3v) is 1.41. The molecule has 0 saturated carbocycles. The van der Waals surface area contributed by atoms with Gasteiger partial charge in [0.15, 0.2) is 12.2 Å². The maximum Gasteiger partial charge on any atom is 0.334 e. The van der Waals surface area contributed by atoms with Crippen molar-refractivity contribution in [2.24, 2.45) is 0 Å². The molecule has 0 aromatic rings. The fourth-order valence-electron chi connectivity index (χ4n) is 0.537. The van der Waals surface area contributed by atoms with Gasteiger partial charge in [-0.25, -0.2) is 4.79 Å². The van der Waals surface area contributed by atoms with Gasteiger partial charge in [0.2, 0.25) is 0 Å². The van der Waals surface area contributed by atoms with Crippen molar-refractivity contribution in [2.75, 3.05) is 14.2 Å². The first kappa shape index (κ1) is 16.8. The second-order valence-corrected chi connectivity index (χ2v) is 2.78. The minimum Gasteiger partial charge on any atom is -0.467 e. The van der Waals surface area contributed by atoms with Gasteiger partial charge in [-0.1, -0.05) is 0 Å². The molecule has 0 rings (SSSR count). The largest absolute Gasteiger partial charge is 0.467 e. The number of hydrogen-bond donors (Lipinski definition) is 0. The van der Waals surface area contributed by atoms with Crippen molar-refractivity contribution >= 4 is 11.9 Å². The van der Waals surface area contributed by atoms with E-state index in [2.05, 4.69) is 14.2 Å².